The highest BCUT2D eigenvalue weighted by molar-refractivity contribution is 8.14. The van der Waals surface area contributed by atoms with E-state index in [1.54, 1.807) is 44.4 Å². The maximum Gasteiger partial charge on any atom is 0.283 e. The number of ether oxygens (including phenoxy) is 2. The topological polar surface area (TPSA) is 71.4 Å². The minimum Gasteiger partial charge on any atom is -0.497 e. The van der Waals surface area contributed by atoms with Crippen LogP contribution in [0.2, 0.25) is 0 Å². The molecule has 0 saturated heterocycles. The summed E-state index contributed by atoms with van der Waals surface area (Å²) in [5.74, 6) is 1.08. The molecule has 0 aromatic heterocycles. The van der Waals surface area contributed by atoms with Crippen molar-refractivity contribution in [3.8, 4) is 11.5 Å². The molecule has 3 aromatic rings. The number of aliphatic imine (C=N–C) groups is 1. The maximum atomic E-state index is 13.4. The molecule has 1 aliphatic rings. The summed E-state index contributed by atoms with van der Waals surface area (Å²) in [6.45, 7) is 0. The van der Waals surface area contributed by atoms with Gasteiger partial charge in [0.1, 0.15) is 17.2 Å². The Morgan fingerprint density at radius 3 is 2.37 bits per heavy atom. The number of benzene rings is 3. The molecule has 178 valence electrons. The van der Waals surface area contributed by atoms with E-state index in [-0.39, 0.29) is 23.3 Å². The Balaban J connectivity index is 1.61. The number of carbonyl (C=O) groups excluding carboxylic acids is 2. The van der Waals surface area contributed by atoms with Gasteiger partial charge in [-0.1, -0.05) is 48.2 Å². The predicted molar refractivity (Wildman–Crippen MR) is 141 cm³/mol. The zero-order valence-electron chi connectivity index (χ0n) is 19.7. The Morgan fingerprint density at radius 1 is 0.971 bits per heavy atom. The molecule has 7 nitrogen and oxygen atoms in total. The van der Waals surface area contributed by atoms with E-state index in [9.17, 15) is 9.59 Å². The average Bonchev–Trinajstić information content (AvgIpc) is 3.22. The van der Waals surface area contributed by atoms with Gasteiger partial charge in [-0.15, -0.1) is 0 Å². The molecule has 0 aliphatic carbocycles. The van der Waals surface area contributed by atoms with Crippen molar-refractivity contribution in [3.63, 3.8) is 0 Å². The molecule has 0 spiro atoms. The lowest BCUT2D eigenvalue weighted by Crippen LogP contribution is -2.33. The van der Waals surface area contributed by atoms with Crippen molar-refractivity contribution in [2.45, 2.75) is 0 Å². The van der Waals surface area contributed by atoms with Crippen molar-refractivity contribution in [2.75, 3.05) is 36.8 Å². The van der Waals surface area contributed by atoms with Crippen molar-refractivity contribution >= 4 is 46.2 Å². The summed E-state index contributed by atoms with van der Waals surface area (Å²) in [6, 6.07) is 24.0. The lowest BCUT2D eigenvalue weighted by Gasteiger charge is -2.20. The first-order valence-electron chi connectivity index (χ1n) is 10.9. The standard InChI is InChI=1S/C27H25N3O4S/c1-29(20-8-5-4-6-9-20)25(31)18-35-27-28-24(16-19-12-14-22(33-2)15-13-19)26(32)30(27)21-10-7-11-23(17-21)34-3/h4-17H,18H2,1-3H3/b24-16-. The van der Waals surface area contributed by atoms with E-state index in [2.05, 4.69) is 4.99 Å². The maximum absolute atomic E-state index is 13.4. The van der Waals surface area contributed by atoms with E-state index < -0.39 is 0 Å². The van der Waals surface area contributed by atoms with Crippen LogP contribution in [0.4, 0.5) is 11.4 Å². The van der Waals surface area contributed by atoms with Crippen LogP contribution in [0.15, 0.2) is 89.6 Å². The van der Waals surface area contributed by atoms with E-state index in [1.807, 2.05) is 66.7 Å². The predicted octanol–water partition coefficient (Wildman–Crippen LogP) is 4.84. The number of hydrogen-bond donors (Lipinski definition) is 0. The van der Waals surface area contributed by atoms with Crippen molar-refractivity contribution in [3.05, 3.63) is 90.1 Å². The molecule has 2 amide bonds. The molecule has 0 bridgehead atoms. The van der Waals surface area contributed by atoms with Crippen LogP contribution in [0.25, 0.3) is 6.08 Å². The SMILES string of the molecule is COc1ccc(/C=C2\N=C(SCC(=O)N(C)c3ccccc3)N(c3cccc(OC)c3)C2=O)cc1. The van der Waals surface area contributed by atoms with Crippen molar-refractivity contribution in [1.82, 2.24) is 0 Å². The van der Waals surface area contributed by atoms with Gasteiger partial charge in [0, 0.05) is 18.8 Å². The van der Waals surface area contributed by atoms with Gasteiger partial charge in [-0.05, 0) is 48.0 Å². The highest BCUT2D eigenvalue weighted by Crippen LogP contribution is 2.31. The van der Waals surface area contributed by atoms with Crippen LogP contribution in [0.5, 0.6) is 11.5 Å². The summed E-state index contributed by atoms with van der Waals surface area (Å²) in [7, 11) is 4.90. The monoisotopic (exact) mass is 487 g/mol. The van der Waals surface area contributed by atoms with E-state index in [4.69, 9.17) is 9.47 Å². The molecule has 0 unspecified atom stereocenters. The molecule has 4 rings (SSSR count). The van der Waals surface area contributed by atoms with E-state index >= 15 is 0 Å². The summed E-state index contributed by atoms with van der Waals surface area (Å²) >= 11 is 1.22. The number of amidine groups is 1. The third kappa shape index (κ3) is 5.55. The number of anilines is 2. The van der Waals surface area contributed by atoms with Crippen LogP contribution >= 0.6 is 11.8 Å². The molecule has 8 heteroatoms. The first kappa shape index (κ1) is 24.1. The molecule has 0 saturated carbocycles. The fraction of sp³-hybridized carbons (Fsp3) is 0.148. The number of para-hydroxylation sites is 1. The van der Waals surface area contributed by atoms with Crippen LogP contribution in [0.3, 0.4) is 0 Å². The van der Waals surface area contributed by atoms with E-state index in [1.165, 1.54) is 16.7 Å². The Kier molecular flexibility index (Phi) is 7.52. The minimum absolute atomic E-state index is 0.102. The Morgan fingerprint density at radius 2 is 1.69 bits per heavy atom. The molecule has 1 aliphatic heterocycles. The van der Waals surface area contributed by atoms with E-state index in [0.717, 1.165) is 17.0 Å². The van der Waals surface area contributed by atoms with Gasteiger partial charge >= 0.3 is 0 Å². The van der Waals surface area contributed by atoms with Gasteiger partial charge in [0.25, 0.3) is 5.91 Å². The first-order valence-corrected chi connectivity index (χ1v) is 11.9. The molecule has 35 heavy (non-hydrogen) atoms. The zero-order chi connectivity index (χ0) is 24.8. The first-order chi connectivity index (χ1) is 17.0. The van der Waals surface area contributed by atoms with Gasteiger partial charge in [-0.25, -0.2) is 4.99 Å². The number of hydrogen-bond acceptors (Lipinski definition) is 6. The fourth-order valence-electron chi connectivity index (χ4n) is 3.45. The highest BCUT2D eigenvalue weighted by Gasteiger charge is 2.33. The quantitative estimate of drug-likeness (QED) is 0.446. The molecular formula is C27H25N3O4S. The summed E-state index contributed by atoms with van der Waals surface area (Å²) in [5.41, 5.74) is 2.51. The number of amides is 2. The third-order valence-corrected chi connectivity index (χ3v) is 6.33. The van der Waals surface area contributed by atoms with Crippen LogP contribution < -0.4 is 19.3 Å². The van der Waals surface area contributed by atoms with E-state index in [0.29, 0.717) is 16.6 Å². The van der Waals surface area contributed by atoms with Crippen molar-refractivity contribution in [1.29, 1.82) is 0 Å². The van der Waals surface area contributed by atoms with Gasteiger partial charge in [0.2, 0.25) is 5.91 Å². The summed E-state index contributed by atoms with van der Waals surface area (Å²) in [6.07, 6.45) is 1.72. The second kappa shape index (κ2) is 10.9. The van der Waals surface area contributed by atoms with Crippen molar-refractivity contribution in [2.24, 2.45) is 4.99 Å². The number of rotatable bonds is 7. The molecule has 1 heterocycles. The Labute approximate surface area is 208 Å². The lowest BCUT2D eigenvalue weighted by atomic mass is 10.2. The third-order valence-electron chi connectivity index (χ3n) is 5.40. The van der Waals surface area contributed by atoms with Crippen LogP contribution in [-0.4, -0.2) is 44.0 Å². The summed E-state index contributed by atoms with van der Waals surface area (Å²) < 4.78 is 10.5. The summed E-state index contributed by atoms with van der Waals surface area (Å²) in [5, 5.41) is 0.429. The summed E-state index contributed by atoms with van der Waals surface area (Å²) in [4.78, 5) is 34.0. The van der Waals surface area contributed by atoms with Gasteiger partial charge in [0.15, 0.2) is 5.17 Å². The number of nitrogens with zero attached hydrogens (tertiary/aromatic N) is 3. The van der Waals surface area contributed by atoms with Crippen molar-refractivity contribution < 1.29 is 19.1 Å². The van der Waals surface area contributed by atoms with Gasteiger partial charge in [-0.3, -0.25) is 14.5 Å². The van der Waals surface area contributed by atoms with Crippen LogP contribution in [-0.2, 0) is 9.59 Å². The number of methoxy groups -OCH3 is 2. The van der Waals surface area contributed by atoms with Gasteiger partial charge in [0.05, 0.1) is 25.7 Å². The molecule has 0 fully saturated rings. The molecule has 0 N–H and O–H groups in total. The lowest BCUT2D eigenvalue weighted by molar-refractivity contribution is -0.116. The number of carbonyl (C=O) groups is 2. The zero-order valence-corrected chi connectivity index (χ0v) is 20.5. The van der Waals surface area contributed by atoms with Crippen LogP contribution in [0.1, 0.15) is 5.56 Å². The molecule has 0 atom stereocenters. The minimum atomic E-state index is -0.277. The number of thioether (sulfide) groups is 1. The van der Waals surface area contributed by atoms with Gasteiger partial charge in [-0.2, -0.15) is 0 Å². The second-order valence-corrected chi connectivity index (χ2v) is 8.56. The largest absolute Gasteiger partial charge is 0.497 e. The molecule has 3 aromatic carbocycles. The second-order valence-electron chi connectivity index (χ2n) is 7.62. The smallest absolute Gasteiger partial charge is 0.283 e. The Bertz CT molecular complexity index is 1270. The fourth-order valence-corrected chi connectivity index (χ4v) is 4.37. The Hall–Kier alpha value is -4.04. The normalized spacial score (nSPS) is 14.1. The van der Waals surface area contributed by atoms with Crippen LogP contribution in [0, 0.1) is 0 Å². The highest BCUT2D eigenvalue weighted by atomic mass is 32.2. The van der Waals surface area contributed by atoms with Gasteiger partial charge < -0.3 is 14.4 Å². The molecular weight excluding hydrogens is 462 g/mol. The molecule has 0 radical (unpaired) electrons. The average molecular weight is 488 g/mol.